The lowest BCUT2D eigenvalue weighted by molar-refractivity contribution is -0.118. The summed E-state index contributed by atoms with van der Waals surface area (Å²) in [5, 5.41) is 10.2. The van der Waals surface area contributed by atoms with E-state index in [-0.39, 0.29) is 11.5 Å². The van der Waals surface area contributed by atoms with Crippen molar-refractivity contribution in [3.8, 4) is 0 Å². The quantitative estimate of drug-likeness (QED) is 0.844. The minimum absolute atomic E-state index is 0.112. The molecule has 1 amide bonds. The number of β-amino-alcohol motifs (C(OH)–C–C–N with tert-alkyl or cyclic N) is 1. The number of halogens is 2. The number of nitrogens with two attached hydrogens (primary N) is 1. The molecule has 0 radical (unpaired) electrons. The molecule has 3 N–H and O–H groups in total. The molecule has 2 unspecified atom stereocenters. The Kier molecular flexibility index (Phi) is 5.85. The molecule has 0 saturated carbocycles. The number of likely N-dealkylation sites (tertiary alicyclic amines) is 1. The van der Waals surface area contributed by atoms with Crippen molar-refractivity contribution in [2.24, 2.45) is 11.7 Å². The lowest BCUT2D eigenvalue weighted by Crippen LogP contribution is -2.38. The lowest BCUT2D eigenvalue weighted by atomic mass is 9.93. The molecule has 0 aromatic heterocycles. The average molecular weight is 312 g/mol. The van der Waals surface area contributed by atoms with Crippen LogP contribution >= 0.6 is 0 Å². The highest BCUT2D eigenvalue weighted by Gasteiger charge is 2.23. The van der Waals surface area contributed by atoms with E-state index in [1.54, 1.807) is 0 Å². The van der Waals surface area contributed by atoms with Crippen LogP contribution < -0.4 is 5.73 Å². The lowest BCUT2D eigenvalue weighted by Gasteiger charge is -2.34. The first kappa shape index (κ1) is 16.8. The fourth-order valence-corrected chi connectivity index (χ4v) is 3.01. The third kappa shape index (κ3) is 4.74. The molecule has 0 aliphatic carbocycles. The number of hydrogen-bond donors (Lipinski definition) is 2. The summed E-state index contributed by atoms with van der Waals surface area (Å²) in [6.45, 7) is 1.88. The summed E-state index contributed by atoms with van der Waals surface area (Å²) in [7, 11) is 0. The second-order valence-electron chi connectivity index (χ2n) is 5.95. The van der Waals surface area contributed by atoms with Gasteiger partial charge in [0.25, 0.3) is 0 Å². The molecule has 1 aliphatic rings. The molecule has 0 bridgehead atoms. The Bertz CT molecular complexity index is 525. The van der Waals surface area contributed by atoms with Crippen LogP contribution in [0.1, 0.15) is 37.4 Å². The second-order valence-corrected chi connectivity index (χ2v) is 5.95. The molecule has 22 heavy (non-hydrogen) atoms. The minimum Gasteiger partial charge on any atom is -0.387 e. The highest BCUT2D eigenvalue weighted by Crippen LogP contribution is 2.24. The predicted molar refractivity (Wildman–Crippen MR) is 78.9 cm³/mol. The molecule has 2 rings (SSSR count). The number of benzene rings is 1. The van der Waals surface area contributed by atoms with E-state index in [0.717, 1.165) is 44.5 Å². The van der Waals surface area contributed by atoms with Crippen molar-refractivity contribution in [2.45, 2.75) is 31.8 Å². The molecule has 6 heteroatoms. The summed E-state index contributed by atoms with van der Waals surface area (Å²) in [5.41, 5.74) is 5.28. The molecule has 1 heterocycles. The van der Waals surface area contributed by atoms with Crippen molar-refractivity contribution < 1.29 is 18.7 Å². The minimum atomic E-state index is -0.990. The topological polar surface area (TPSA) is 66.6 Å². The van der Waals surface area contributed by atoms with Crippen LogP contribution in [-0.2, 0) is 4.79 Å². The van der Waals surface area contributed by atoms with Crippen LogP contribution in [0.5, 0.6) is 0 Å². The summed E-state index contributed by atoms with van der Waals surface area (Å²) < 4.78 is 26.6. The van der Waals surface area contributed by atoms with Crippen molar-refractivity contribution in [3.63, 3.8) is 0 Å². The first-order chi connectivity index (χ1) is 10.5. The average Bonchev–Trinajstić information content (AvgIpc) is 2.45. The van der Waals surface area contributed by atoms with Gasteiger partial charge in [0.2, 0.25) is 5.91 Å². The highest BCUT2D eigenvalue weighted by atomic mass is 19.1. The van der Waals surface area contributed by atoms with Gasteiger partial charge in [-0.25, -0.2) is 8.78 Å². The summed E-state index contributed by atoms with van der Waals surface area (Å²) in [6.07, 6.45) is 2.13. The molecular weight excluding hydrogens is 290 g/mol. The first-order valence-electron chi connectivity index (χ1n) is 7.59. The zero-order valence-electron chi connectivity index (χ0n) is 12.5. The van der Waals surface area contributed by atoms with Gasteiger partial charge in [-0.1, -0.05) is 6.07 Å². The maximum atomic E-state index is 13.7. The van der Waals surface area contributed by atoms with E-state index < -0.39 is 17.7 Å². The zero-order valence-corrected chi connectivity index (χ0v) is 12.5. The molecular formula is C16H22F2N2O2. The number of hydrogen-bond acceptors (Lipinski definition) is 3. The van der Waals surface area contributed by atoms with Crippen LogP contribution in [-0.4, -0.2) is 35.5 Å². The number of nitrogens with zero attached hydrogens (tertiary/aromatic N) is 1. The van der Waals surface area contributed by atoms with E-state index in [2.05, 4.69) is 4.90 Å². The third-order valence-corrected chi connectivity index (χ3v) is 4.15. The number of carbonyl (C=O) groups is 1. The molecule has 1 saturated heterocycles. The Hall–Kier alpha value is -1.53. The largest absolute Gasteiger partial charge is 0.387 e. The first-order valence-corrected chi connectivity index (χ1v) is 7.59. The number of amides is 1. The normalized spacial score (nSPS) is 20.8. The Morgan fingerprint density at radius 1 is 1.45 bits per heavy atom. The summed E-state index contributed by atoms with van der Waals surface area (Å²) >= 11 is 0. The van der Waals surface area contributed by atoms with Crippen LogP contribution in [0.2, 0.25) is 0 Å². The number of primary amides is 1. The summed E-state index contributed by atoms with van der Waals surface area (Å²) in [5.74, 6) is -1.32. The van der Waals surface area contributed by atoms with Gasteiger partial charge in [0.1, 0.15) is 11.6 Å². The fourth-order valence-electron chi connectivity index (χ4n) is 3.01. The smallest absolute Gasteiger partial charge is 0.217 e. The van der Waals surface area contributed by atoms with Crippen LogP contribution in [0.3, 0.4) is 0 Å². The molecule has 4 nitrogen and oxygen atoms in total. The molecule has 2 atom stereocenters. The van der Waals surface area contributed by atoms with Crippen molar-refractivity contribution in [3.05, 3.63) is 35.4 Å². The number of aliphatic hydroxyl groups excluding tert-OH is 1. The van der Waals surface area contributed by atoms with E-state index in [1.807, 2.05) is 0 Å². The van der Waals surface area contributed by atoms with Gasteiger partial charge in [-0.05, 0) is 37.8 Å². The van der Waals surface area contributed by atoms with Gasteiger partial charge < -0.3 is 15.7 Å². The molecule has 1 aromatic rings. The van der Waals surface area contributed by atoms with Gasteiger partial charge >= 0.3 is 0 Å². The van der Waals surface area contributed by atoms with Gasteiger partial charge in [0.05, 0.1) is 6.10 Å². The number of rotatable bonds is 6. The second kappa shape index (κ2) is 7.65. The summed E-state index contributed by atoms with van der Waals surface area (Å²) in [6, 6.07) is 3.21. The van der Waals surface area contributed by atoms with E-state index in [1.165, 1.54) is 6.07 Å². The highest BCUT2D eigenvalue weighted by molar-refractivity contribution is 5.73. The van der Waals surface area contributed by atoms with E-state index in [9.17, 15) is 18.7 Å². The van der Waals surface area contributed by atoms with Gasteiger partial charge in [0, 0.05) is 31.1 Å². The van der Waals surface area contributed by atoms with Crippen molar-refractivity contribution >= 4 is 5.91 Å². The van der Waals surface area contributed by atoms with Crippen LogP contribution in [0.15, 0.2) is 18.2 Å². The molecule has 122 valence electrons. The van der Waals surface area contributed by atoms with Gasteiger partial charge in [-0.3, -0.25) is 4.79 Å². The van der Waals surface area contributed by atoms with Crippen LogP contribution in [0, 0.1) is 17.6 Å². The van der Waals surface area contributed by atoms with Crippen molar-refractivity contribution in [1.29, 1.82) is 0 Å². The fraction of sp³-hybridized carbons (Fsp3) is 0.562. The van der Waals surface area contributed by atoms with Gasteiger partial charge in [0.15, 0.2) is 0 Å². The van der Waals surface area contributed by atoms with E-state index in [4.69, 9.17) is 5.73 Å². The Morgan fingerprint density at radius 3 is 2.91 bits per heavy atom. The third-order valence-electron chi connectivity index (χ3n) is 4.15. The predicted octanol–water partition coefficient (Wildman–Crippen LogP) is 1.98. The SMILES string of the molecule is NC(=O)CCC1CCCN(CC(O)c2ccc(F)cc2F)C1. The van der Waals surface area contributed by atoms with Gasteiger partial charge in [-0.2, -0.15) is 0 Å². The van der Waals surface area contributed by atoms with Crippen molar-refractivity contribution in [1.82, 2.24) is 4.90 Å². The monoisotopic (exact) mass is 312 g/mol. The van der Waals surface area contributed by atoms with Crippen LogP contribution in [0.4, 0.5) is 8.78 Å². The maximum Gasteiger partial charge on any atom is 0.217 e. The molecule has 1 fully saturated rings. The Labute approximate surface area is 128 Å². The zero-order chi connectivity index (χ0) is 16.1. The van der Waals surface area contributed by atoms with Gasteiger partial charge in [-0.15, -0.1) is 0 Å². The Balaban J connectivity index is 1.90. The number of piperidine rings is 1. The van der Waals surface area contributed by atoms with Crippen LogP contribution in [0.25, 0.3) is 0 Å². The maximum absolute atomic E-state index is 13.7. The van der Waals surface area contributed by atoms with Crippen molar-refractivity contribution in [2.75, 3.05) is 19.6 Å². The van der Waals surface area contributed by atoms with E-state index >= 15 is 0 Å². The number of aliphatic hydroxyl groups is 1. The summed E-state index contributed by atoms with van der Waals surface area (Å²) in [4.78, 5) is 12.9. The van der Waals surface area contributed by atoms with E-state index in [0.29, 0.717) is 18.9 Å². The standard InChI is InChI=1S/C16H22F2N2O2/c17-12-4-5-13(14(18)8-12)15(21)10-20-7-1-2-11(9-20)3-6-16(19)22/h4-5,8,11,15,21H,1-3,6-7,9-10H2,(H2,19,22). The number of carbonyl (C=O) groups excluding carboxylic acids is 1. The molecule has 0 spiro atoms. The molecule has 1 aromatic carbocycles. The molecule has 1 aliphatic heterocycles. The Morgan fingerprint density at radius 2 is 2.23 bits per heavy atom.